The van der Waals surface area contributed by atoms with Gasteiger partial charge >= 0.3 is 0 Å². The molecule has 1 atom stereocenters. The predicted molar refractivity (Wildman–Crippen MR) is 66.8 cm³/mol. The Kier molecular flexibility index (Phi) is 3.85. The summed E-state index contributed by atoms with van der Waals surface area (Å²) >= 11 is 0. The Morgan fingerprint density at radius 3 is 3.00 bits per heavy atom. The third-order valence-electron chi connectivity index (χ3n) is 3.19. The molecule has 1 fully saturated rings. The first-order valence-electron chi connectivity index (χ1n) is 6.08. The van der Waals surface area contributed by atoms with E-state index in [1.807, 2.05) is 0 Å². The molecular formula is C13H17N3O. The van der Waals surface area contributed by atoms with E-state index >= 15 is 0 Å². The summed E-state index contributed by atoms with van der Waals surface area (Å²) in [4.78, 5) is 15.6. The standard InChI is InChI=1S/C13H17N3O/c1-2-10-4-3-5-12(10)15-16-13(17)11-6-8-14-9-7-11/h6-10H,2-5H2,1H3,(H,16,17)/t10-/m1/s1. The Balaban J connectivity index is 1.98. The minimum Gasteiger partial charge on any atom is -0.267 e. The molecule has 1 aromatic rings. The van der Waals surface area contributed by atoms with Crippen LogP contribution in [0.2, 0.25) is 0 Å². The van der Waals surface area contributed by atoms with Crippen LogP contribution in [0.25, 0.3) is 0 Å². The van der Waals surface area contributed by atoms with Gasteiger partial charge in [0.1, 0.15) is 0 Å². The molecule has 2 rings (SSSR count). The Morgan fingerprint density at radius 1 is 1.53 bits per heavy atom. The Bertz CT molecular complexity index is 414. The van der Waals surface area contributed by atoms with Crippen molar-refractivity contribution in [2.45, 2.75) is 32.6 Å². The fourth-order valence-electron chi connectivity index (χ4n) is 2.18. The number of pyridine rings is 1. The van der Waals surface area contributed by atoms with Crippen LogP contribution in [0.4, 0.5) is 0 Å². The Hall–Kier alpha value is -1.71. The van der Waals surface area contributed by atoms with E-state index in [1.165, 1.54) is 12.8 Å². The SMILES string of the molecule is CC[C@@H]1CCCC1=NNC(=O)c1ccncc1. The minimum absolute atomic E-state index is 0.165. The van der Waals surface area contributed by atoms with Gasteiger partial charge in [-0.25, -0.2) is 5.43 Å². The first-order valence-corrected chi connectivity index (χ1v) is 6.08. The number of carbonyl (C=O) groups is 1. The van der Waals surface area contributed by atoms with Gasteiger partial charge in [-0.1, -0.05) is 6.92 Å². The van der Waals surface area contributed by atoms with Gasteiger partial charge < -0.3 is 0 Å². The van der Waals surface area contributed by atoms with Crippen LogP contribution < -0.4 is 5.43 Å². The van der Waals surface area contributed by atoms with Crippen LogP contribution in [0.1, 0.15) is 43.0 Å². The number of aromatic nitrogens is 1. The summed E-state index contributed by atoms with van der Waals surface area (Å²) in [5.41, 5.74) is 4.35. The smallest absolute Gasteiger partial charge is 0.267 e. The van der Waals surface area contributed by atoms with Crippen LogP contribution in [0.3, 0.4) is 0 Å². The molecule has 1 heterocycles. The summed E-state index contributed by atoms with van der Waals surface area (Å²) in [6.45, 7) is 2.16. The lowest BCUT2D eigenvalue weighted by molar-refractivity contribution is 0.0954. The average molecular weight is 231 g/mol. The van der Waals surface area contributed by atoms with Crippen LogP contribution >= 0.6 is 0 Å². The van der Waals surface area contributed by atoms with Crippen molar-refractivity contribution in [2.24, 2.45) is 11.0 Å². The molecule has 1 aliphatic carbocycles. The van der Waals surface area contributed by atoms with E-state index in [0.717, 1.165) is 18.6 Å². The first kappa shape index (κ1) is 11.8. The Labute approximate surface area is 101 Å². The van der Waals surface area contributed by atoms with Crippen LogP contribution in [0, 0.1) is 5.92 Å². The molecule has 0 aliphatic heterocycles. The molecule has 0 unspecified atom stereocenters. The molecule has 4 heteroatoms. The second-order valence-corrected chi connectivity index (χ2v) is 4.28. The van der Waals surface area contributed by atoms with Crippen molar-refractivity contribution >= 4 is 11.6 Å². The summed E-state index contributed by atoms with van der Waals surface area (Å²) in [5, 5.41) is 4.25. The summed E-state index contributed by atoms with van der Waals surface area (Å²) in [6, 6.07) is 3.36. The number of hydrazone groups is 1. The summed E-state index contributed by atoms with van der Waals surface area (Å²) in [7, 11) is 0. The van der Waals surface area contributed by atoms with Gasteiger partial charge in [0.05, 0.1) is 0 Å². The number of hydrogen-bond acceptors (Lipinski definition) is 3. The maximum absolute atomic E-state index is 11.8. The zero-order chi connectivity index (χ0) is 12.1. The lowest BCUT2D eigenvalue weighted by Gasteiger charge is -2.07. The third-order valence-corrected chi connectivity index (χ3v) is 3.19. The normalized spacial score (nSPS) is 21.7. The number of nitrogens with one attached hydrogen (secondary N) is 1. The van der Waals surface area contributed by atoms with Gasteiger partial charge in [0.25, 0.3) is 5.91 Å². The van der Waals surface area contributed by atoms with Gasteiger partial charge in [0.15, 0.2) is 0 Å². The number of rotatable bonds is 3. The largest absolute Gasteiger partial charge is 0.271 e. The van der Waals surface area contributed by atoms with E-state index in [4.69, 9.17) is 0 Å². The van der Waals surface area contributed by atoms with Gasteiger partial charge in [-0.05, 0) is 43.7 Å². The van der Waals surface area contributed by atoms with E-state index < -0.39 is 0 Å². The summed E-state index contributed by atoms with van der Waals surface area (Å²) in [6.07, 6.45) is 7.70. The van der Waals surface area contributed by atoms with Gasteiger partial charge in [-0.3, -0.25) is 9.78 Å². The van der Waals surface area contributed by atoms with Gasteiger partial charge in [0.2, 0.25) is 0 Å². The average Bonchev–Trinajstić information content (AvgIpc) is 2.84. The molecule has 0 bridgehead atoms. The molecule has 1 N–H and O–H groups in total. The lowest BCUT2D eigenvalue weighted by atomic mass is 10.0. The Morgan fingerprint density at radius 2 is 2.29 bits per heavy atom. The van der Waals surface area contributed by atoms with Crippen molar-refractivity contribution in [3.8, 4) is 0 Å². The fraction of sp³-hybridized carbons (Fsp3) is 0.462. The predicted octanol–water partition coefficient (Wildman–Crippen LogP) is 2.38. The molecule has 17 heavy (non-hydrogen) atoms. The molecule has 1 saturated carbocycles. The van der Waals surface area contributed by atoms with Crippen LogP contribution in [0.15, 0.2) is 29.6 Å². The van der Waals surface area contributed by atoms with Crippen LogP contribution in [0.5, 0.6) is 0 Å². The zero-order valence-corrected chi connectivity index (χ0v) is 10.0. The fourth-order valence-corrected chi connectivity index (χ4v) is 2.18. The minimum atomic E-state index is -0.165. The van der Waals surface area contributed by atoms with E-state index in [0.29, 0.717) is 11.5 Å². The first-order chi connectivity index (χ1) is 8.31. The van der Waals surface area contributed by atoms with Gasteiger partial charge in [-0.15, -0.1) is 0 Å². The van der Waals surface area contributed by atoms with Crippen LogP contribution in [-0.4, -0.2) is 16.6 Å². The zero-order valence-electron chi connectivity index (χ0n) is 10.0. The van der Waals surface area contributed by atoms with E-state index in [-0.39, 0.29) is 5.91 Å². The van der Waals surface area contributed by atoms with Crippen molar-refractivity contribution in [3.05, 3.63) is 30.1 Å². The van der Waals surface area contributed by atoms with E-state index in [1.54, 1.807) is 24.5 Å². The summed E-state index contributed by atoms with van der Waals surface area (Å²) in [5.74, 6) is 0.384. The number of amides is 1. The molecular weight excluding hydrogens is 214 g/mol. The topological polar surface area (TPSA) is 54.4 Å². The molecule has 0 radical (unpaired) electrons. The second kappa shape index (κ2) is 5.57. The van der Waals surface area contributed by atoms with E-state index in [2.05, 4.69) is 22.4 Å². The molecule has 90 valence electrons. The van der Waals surface area contributed by atoms with Crippen molar-refractivity contribution < 1.29 is 4.79 Å². The highest BCUT2D eigenvalue weighted by molar-refractivity contribution is 5.96. The van der Waals surface area contributed by atoms with Crippen molar-refractivity contribution in [1.29, 1.82) is 0 Å². The number of carbonyl (C=O) groups excluding carboxylic acids is 1. The molecule has 0 saturated heterocycles. The maximum atomic E-state index is 11.8. The maximum Gasteiger partial charge on any atom is 0.271 e. The molecule has 1 aromatic heterocycles. The molecule has 4 nitrogen and oxygen atoms in total. The summed E-state index contributed by atoms with van der Waals surface area (Å²) < 4.78 is 0. The third kappa shape index (κ3) is 2.90. The van der Waals surface area contributed by atoms with Gasteiger partial charge in [0, 0.05) is 23.7 Å². The van der Waals surface area contributed by atoms with E-state index in [9.17, 15) is 4.79 Å². The second-order valence-electron chi connectivity index (χ2n) is 4.28. The molecule has 1 aliphatic rings. The number of hydrogen-bond donors (Lipinski definition) is 1. The molecule has 1 amide bonds. The van der Waals surface area contributed by atoms with Crippen molar-refractivity contribution in [1.82, 2.24) is 10.4 Å². The van der Waals surface area contributed by atoms with Crippen LogP contribution in [-0.2, 0) is 0 Å². The van der Waals surface area contributed by atoms with Gasteiger partial charge in [-0.2, -0.15) is 5.10 Å². The van der Waals surface area contributed by atoms with Crippen molar-refractivity contribution in [3.63, 3.8) is 0 Å². The molecule has 0 spiro atoms. The number of nitrogens with zero attached hydrogens (tertiary/aromatic N) is 2. The highest BCUT2D eigenvalue weighted by Crippen LogP contribution is 2.24. The highest BCUT2D eigenvalue weighted by atomic mass is 16.2. The lowest BCUT2D eigenvalue weighted by Crippen LogP contribution is -2.20. The van der Waals surface area contributed by atoms with Crippen molar-refractivity contribution in [2.75, 3.05) is 0 Å². The highest BCUT2D eigenvalue weighted by Gasteiger charge is 2.20. The quantitative estimate of drug-likeness (QED) is 0.812. The molecule has 0 aromatic carbocycles. The monoisotopic (exact) mass is 231 g/mol.